The van der Waals surface area contributed by atoms with E-state index < -0.39 is 0 Å². The Balaban J connectivity index is 3.16. The zero-order valence-electron chi connectivity index (χ0n) is 6.61. The molecule has 0 atom stereocenters. The van der Waals surface area contributed by atoms with E-state index >= 15 is 0 Å². The van der Waals surface area contributed by atoms with Crippen LogP contribution in [0.1, 0.15) is 11.1 Å². The molecule has 0 saturated carbocycles. The zero-order valence-corrected chi connectivity index (χ0v) is 7.36. The highest BCUT2D eigenvalue weighted by Gasteiger charge is 2.04. The number of hydrogen-bond donors (Lipinski definition) is 0. The highest BCUT2D eigenvalue weighted by atomic mass is 35.5. The molecule has 0 aliphatic carbocycles. The van der Waals surface area contributed by atoms with Crippen molar-refractivity contribution in [2.75, 3.05) is 0 Å². The van der Waals surface area contributed by atoms with Gasteiger partial charge in [0, 0.05) is 9.93 Å². The first kappa shape index (κ1) is 9.40. The lowest BCUT2D eigenvalue weighted by atomic mass is 10.1. The molecule has 5 heteroatoms. The van der Waals surface area contributed by atoms with Crippen LogP contribution in [-0.2, 0) is 6.54 Å². The standard InChI is InChI=1S/C8H5ClN4/c9-8-3-1-2-6(4-10)7(8)5-12-13-11/h1-3H,5H2. The van der Waals surface area contributed by atoms with E-state index in [4.69, 9.17) is 22.4 Å². The van der Waals surface area contributed by atoms with Gasteiger partial charge in [0.05, 0.1) is 18.2 Å². The maximum atomic E-state index is 8.70. The van der Waals surface area contributed by atoms with Crippen LogP contribution in [0.5, 0.6) is 0 Å². The molecular formula is C8H5ClN4. The normalized spacial score (nSPS) is 8.62. The molecular weight excluding hydrogens is 188 g/mol. The predicted molar refractivity (Wildman–Crippen MR) is 49.0 cm³/mol. The van der Waals surface area contributed by atoms with E-state index in [0.29, 0.717) is 16.1 Å². The van der Waals surface area contributed by atoms with Gasteiger partial charge in [-0.1, -0.05) is 22.8 Å². The first-order valence-electron chi connectivity index (χ1n) is 3.48. The summed E-state index contributed by atoms with van der Waals surface area (Å²) in [6.07, 6.45) is 0. The van der Waals surface area contributed by atoms with Gasteiger partial charge in [-0.3, -0.25) is 0 Å². The Bertz CT molecular complexity index is 401. The average Bonchev–Trinajstić information content (AvgIpc) is 2.15. The third kappa shape index (κ3) is 2.12. The Morgan fingerprint density at radius 1 is 1.62 bits per heavy atom. The van der Waals surface area contributed by atoms with E-state index in [1.54, 1.807) is 18.2 Å². The molecule has 4 nitrogen and oxygen atoms in total. The minimum Gasteiger partial charge on any atom is -0.192 e. The van der Waals surface area contributed by atoms with Crippen molar-refractivity contribution >= 4 is 11.6 Å². The summed E-state index contributed by atoms with van der Waals surface area (Å²) >= 11 is 5.81. The van der Waals surface area contributed by atoms with E-state index in [1.165, 1.54) is 0 Å². The van der Waals surface area contributed by atoms with Crippen molar-refractivity contribution in [2.24, 2.45) is 5.11 Å². The van der Waals surface area contributed by atoms with Crippen LogP contribution in [0, 0.1) is 11.3 Å². The number of benzene rings is 1. The van der Waals surface area contributed by atoms with Gasteiger partial charge >= 0.3 is 0 Å². The maximum Gasteiger partial charge on any atom is 0.0995 e. The molecule has 0 spiro atoms. The average molecular weight is 193 g/mol. The van der Waals surface area contributed by atoms with Gasteiger partial charge < -0.3 is 0 Å². The zero-order chi connectivity index (χ0) is 9.68. The second-order valence-corrected chi connectivity index (χ2v) is 2.67. The Morgan fingerprint density at radius 2 is 2.38 bits per heavy atom. The molecule has 1 aromatic carbocycles. The highest BCUT2D eigenvalue weighted by Crippen LogP contribution is 2.20. The summed E-state index contributed by atoms with van der Waals surface area (Å²) in [7, 11) is 0. The van der Waals surface area contributed by atoms with Crippen molar-refractivity contribution in [1.82, 2.24) is 0 Å². The molecule has 0 bridgehead atoms. The molecule has 0 aliphatic heterocycles. The molecule has 0 N–H and O–H groups in total. The molecule has 0 aromatic heterocycles. The summed E-state index contributed by atoms with van der Waals surface area (Å²) in [5.74, 6) is 0. The van der Waals surface area contributed by atoms with Crippen LogP contribution in [0.2, 0.25) is 5.02 Å². The smallest absolute Gasteiger partial charge is 0.0995 e. The SMILES string of the molecule is N#Cc1cccc(Cl)c1CN=[N+]=[N-]. The first-order valence-corrected chi connectivity index (χ1v) is 3.85. The second kappa shape index (κ2) is 4.36. The minimum atomic E-state index is 0.110. The minimum absolute atomic E-state index is 0.110. The molecule has 64 valence electrons. The van der Waals surface area contributed by atoms with Crippen molar-refractivity contribution in [3.8, 4) is 6.07 Å². The van der Waals surface area contributed by atoms with Gasteiger partial charge in [-0.15, -0.1) is 0 Å². The summed E-state index contributed by atoms with van der Waals surface area (Å²) in [6.45, 7) is 0.110. The van der Waals surface area contributed by atoms with Crippen molar-refractivity contribution in [1.29, 1.82) is 5.26 Å². The predicted octanol–water partition coefficient (Wildman–Crippen LogP) is 3.02. The quantitative estimate of drug-likeness (QED) is 0.403. The fraction of sp³-hybridized carbons (Fsp3) is 0.125. The van der Waals surface area contributed by atoms with Gasteiger partial charge in [-0.2, -0.15) is 5.26 Å². The number of azide groups is 1. The van der Waals surface area contributed by atoms with Gasteiger partial charge in [-0.25, -0.2) is 0 Å². The van der Waals surface area contributed by atoms with Crippen LogP contribution in [0.3, 0.4) is 0 Å². The van der Waals surface area contributed by atoms with Crippen molar-refractivity contribution < 1.29 is 0 Å². The first-order chi connectivity index (χ1) is 6.29. The molecule has 1 aromatic rings. The van der Waals surface area contributed by atoms with Gasteiger partial charge in [0.15, 0.2) is 0 Å². The largest absolute Gasteiger partial charge is 0.192 e. The molecule has 0 radical (unpaired) electrons. The van der Waals surface area contributed by atoms with Gasteiger partial charge in [0.2, 0.25) is 0 Å². The van der Waals surface area contributed by atoms with E-state index in [9.17, 15) is 0 Å². The van der Waals surface area contributed by atoms with E-state index in [2.05, 4.69) is 10.0 Å². The highest BCUT2D eigenvalue weighted by molar-refractivity contribution is 6.31. The third-order valence-corrected chi connectivity index (χ3v) is 1.89. The Kier molecular flexibility index (Phi) is 3.15. The number of rotatable bonds is 2. The summed E-state index contributed by atoms with van der Waals surface area (Å²) in [6, 6.07) is 6.95. The number of nitrogens with zero attached hydrogens (tertiary/aromatic N) is 4. The van der Waals surface area contributed by atoms with Crippen LogP contribution in [0.25, 0.3) is 10.4 Å². The molecule has 0 saturated heterocycles. The van der Waals surface area contributed by atoms with Crippen LogP contribution in [0.4, 0.5) is 0 Å². The third-order valence-electron chi connectivity index (χ3n) is 1.53. The topological polar surface area (TPSA) is 72.5 Å². The van der Waals surface area contributed by atoms with Crippen LogP contribution in [-0.4, -0.2) is 0 Å². The van der Waals surface area contributed by atoms with Gasteiger partial charge in [0.1, 0.15) is 0 Å². The second-order valence-electron chi connectivity index (χ2n) is 2.27. The number of halogens is 1. The lowest BCUT2D eigenvalue weighted by Gasteiger charge is -2.01. The van der Waals surface area contributed by atoms with Crippen molar-refractivity contribution in [2.45, 2.75) is 6.54 Å². The molecule has 0 amide bonds. The summed E-state index contributed by atoms with van der Waals surface area (Å²) in [5, 5.41) is 12.5. The fourth-order valence-electron chi connectivity index (χ4n) is 0.926. The molecule has 0 unspecified atom stereocenters. The summed E-state index contributed by atoms with van der Waals surface area (Å²) < 4.78 is 0. The molecule has 0 aliphatic rings. The van der Waals surface area contributed by atoms with E-state index in [0.717, 1.165) is 0 Å². The van der Waals surface area contributed by atoms with Crippen LogP contribution < -0.4 is 0 Å². The molecule has 1 rings (SSSR count). The summed E-state index contributed by atoms with van der Waals surface area (Å²) in [5.41, 5.74) is 9.13. The van der Waals surface area contributed by atoms with E-state index in [-0.39, 0.29) is 6.54 Å². The maximum absolute atomic E-state index is 8.70. The van der Waals surface area contributed by atoms with E-state index in [1.807, 2.05) is 6.07 Å². The summed E-state index contributed by atoms with van der Waals surface area (Å²) in [4.78, 5) is 2.60. The van der Waals surface area contributed by atoms with Crippen molar-refractivity contribution in [3.63, 3.8) is 0 Å². The fourth-order valence-corrected chi connectivity index (χ4v) is 1.16. The Morgan fingerprint density at radius 3 is 3.00 bits per heavy atom. The van der Waals surface area contributed by atoms with Crippen molar-refractivity contribution in [3.05, 3.63) is 44.8 Å². The lowest BCUT2D eigenvalue weighted by molar-refractivity contribution is 1.04. The molecule has 0 heterocycles. The van der Waals surface area contributed by atoms with Crippen LogP contribution in [0.15, 0.2) is 23.3 Å². The Labute approximate surface area is 80.0 Å². The van der Waals surface area contributed by atoms with Gasteiger partial charge in [-0.05, 0) is 23.2 Å². The number of hydrogen-bond acceptors (Lipinski definition) is 2. The monoisotopic (exact) mass is 192 g/mol. The Hall–Kier alpha value is -1.69. The molecule has 13 heavy (non-hydrogen) atoms. The van der Waals surface area contributed by atoms with Gasteiger partial charge in [0.25, 0.3) is 0 Å². The lowest BCUT2D eigenvalue weighted by Crippen LogP contribution is -1.88. The van der Waals surface area contributed by atoms with Crippen LogP contribution >= 0.6 is 11.6 Å². The number of nitriles is 1. The molecule has 0 fully saturated rings.